The Bertz CT molecular complexity index is 1420. The van der Waals surface area contributed by atoms with Crippen molar-refractivity contribution in [2.45, 2.75) is 58.8 Å². The molecule has 7 heteroatoms. The maximum atomic E-state index is 13.2. The average molecular weight is 469 g/mol. The third-order valence-corrected chi connectivity index (χ3v) is 6.79. The van der Waals surface area contributed by atoms with Crippen LogP contribution in [0.4, 0.5) is 5.69 Å². The summed E-state index contributed by atoms with van der Waals surface area (Å²) in [6, 6.07) is 11.9. The molecule has 180 valence electrons. The van der Waals surface area contributed by atoms with Crippen LogP contribution in [0.15, 0.2) is 48.8 Å². The standard InChI is InChI=1S/C28H32N6O/c1-17-8-12-21(28(3,4)5)14-22(17)30-27(35)20-9-7-18(2)24(13-20)34-16-23(31-32-34)25-15-29-26(33(25)6)19-10-11-19/h7-9,12-16,19H,10-11H2,1-6H3,(H,30,35). The van der Waals surface area contributed by atoms with Gasteiger partial charge in [-0.05, 0) is 67.0 Å². The summed E-state index contributed by atoms with van der Waals surface area (Å²) in [4.78, 5) is 17.8. The van der Waals surface area contributed by atoms with Crippen molar-refractivity contribution in [2.24, 2.45) is 7.05 Å². The molecule has 35 heavy (non-hydrogen) atoms. The van der Waals surface area contributed by atoms with E-state index < -0.39 is 0 Å². The normalized spacial score (nSPS) is 13.8. The number of aromatic nitrogens is 5. The molecule has 0 radical (unpaired) electrons. The highest BCUT2D eigenvalue weighted by Crippen LogP contribution is 2.40. The Balaban J connectivity index is 1.42. The summed E-state index contributed by atoms with van der Waals surface area (Å²) in [5.74, 6) is 1.52. The summed E-state index contributed by atoms with van der Waals surface area (Å²) in [5, 5.41) is 11.9. The number of amides is 1. The van der Waals surface area contributed by atoms with E-state index in [4.69, 9.17) is 0 Å². The first-order valence-corrected chi connectivity index (χ1v) is 12.1. The van der Waals surface area contributed by atoms with Gasteiger partial charge in [-0.25, -0.2) is 9.67 Å². The van der Waals surface area contributed by atoms with Gasteiger partial charge in [0.15, 0.2) is 0 Å². The number of benzene rings is 2. The van der Waals surface area contributed by atoms with Gasteiger partial charge in [0.05, 0.1) is 23.8 Å². The maximum Gasteiger partial charge on any atom is 0.255 e. The predicted molar refractivity (Wildman–Crippen MR) is 138 cm³/mol. The Morgan fingerprint density at radius 1 is 1.06 bits per heavy atom. The number of carbonyl (C=O) groups excluding carboxylic acids is 1. The number of rotatable bonds is 5. The van der Waals surface area contributed by atoms with E-state index in [0.717, 1.165) is 39.7 Å². The highest BCUT2D eigenvalue weighted by atomic mass is 16.1. The molecule has 2 heterocycles. The Hall–Kier alpha value is -3.74. The fourth-order valence-electron chi connectivity index (χ4n) is 4.30. The lowest BCUT2D eigenvalue weighted by atomic mass is 9.86. The third kappa shape index (κ3) is 4.50. The number of hydrogen-bond acceptors (Lipinski definition) is 4. The average Bonchev–Trinajstić information content (AvgIpc) is 3.40. The number of carbonyl (C=O) groups is 1. The van der Waals surface area contributed by atoms with Gasteiger partial charge in [-0.2, -0.15) is 0 Å². The lowest BCUT2D eigenvalue weighted by Crippen LogP contribution is -2.16. The molecule has 1 aliphatic carbocycles. The Morgan fingerprint density at radius 3 is 2.51 bits per heavy atom. The van der Waals surface area contributed by atoms with Gasteiger partial charge in [0, 0.05) is 24.2 Å². The van der Waals surface area contributed by atoms with E-state index in [1.165, 1.54) is 18.4 Å². The molecule has 0 atom stereocenters. The zero-order valence-corrected chi connectivity index (χ0v) is 21.3. The van der Waals surface area contributed by atoms with E-state index in [1.807, 2.05) is 51.5 Å². The van der Waals surface area contributed by atoms with Gasteiger partial charge in [0.2, 0.25) is 0 Å². The minimum absolute atomic E-state index is 0.00228. The van der Waals surface area contributed by atoms with Crippen LogP contribution in [-0.4, -0.2) is 30.5 Å². The van der Waals surface area contributed by atoms with Crippen molar-refractivity contribution in [3.63, 3.8) is 0 Å². The molecule has 0 spiro atoms. The molecule has 5 rings (SSSR count). The first-order valence-electron chi connectivity index (χ1n) is 12.1. The van der Waals surface area contributed by atoms with Gasteiger partial charge in [0.25, 0.3) is 5.91 Å². The third-order valence-electron chi connectivity index (χ3n) is 6.79. The zero-order chi connectivity index (χ0) is 24.9. The molecule has 4 aromatic rings. The van der Waals surface area contributed by atoms with Gasteiger partial charge in [0.1, 0.15) is 11.5 Å². The van der Waals surface area contributed by atoms with Crippen LogP contribution < -0.4 is 5.32 Å². The van der Waals surface area contributed by atoms with Crippen molar-refractivity contribution in [1.82, 2.24) is 24.5 Å². The molecule has 0 unspecified atom stereocenters. The van der Waals surface area contributed by atoms with Crippen molar-refractivity contribution in [3.8, 4) is 17.1 Å². The SMILES string of the molecule is Cc1ccc(C(C)(C)C)cc1NC(=O)c1ccc(C)c(-n2cc(-c3cnc(C4CC4)n3C)nn2)c1. The monoisotopic (exact) mass is 468 g/mol. The second-order valence-electron chi connectivity index (χ2n) is 10.6. The van der Waals surface area contributed by atoms with Crippen LogP contribution in [0, 0.1) is 13.8 Å². The molecule has 1 saturated carbocycles. The van der Waals surface area contributed by atoms with Crippen LogP contribution in [0.25, 0.3) is 17.1 Å². The first kappa shape index (κ1) is 23.0. The molecular weight excluding hydrogens is 436 g/mol. The van der Waals surface area contributed by atoms with Crippen LogP contribution in [0.3, 0.4) is 0 Å². The van der Waals surface area contributed by atoms with Crippen molar-refractivity contribution in [1.29, 1.82) is 0 Å². The summed E-state index contributed by atoms with van der Waals surface area (Å²) in [7, 11) is 2.03. The summed E-state index contributed by atoms with van der Waals surface area (Å²) in [6.07, 6.45) is 6.16. The van der Waals surface area contributed by atoms with Gasteiger partial charge in [-0.3, -0.25) is 4.79 Å². The van der Waals surface area contributed by atoms with E-state index in [2.05, 4.69) is 64.2 Å². The fourth-order valence-corrected chi connectivity index (χ4v) is 4.30. The quantitative estimate of drug-likeness (QED) is 0.407. The molecule has 2 aromatic carbocycles. The van der Waals surface area contributed by atoms with E-state index in [0.29, 0.717) is 11.5 Å². The molecule has 1 N–H and O–H groups in total. The summed E-state index contributed by atoms with van der Waals surface area (Å²) < 4.78 is 3.84. The number of imidazole rings is 1. The number of hydrogen-bond donors (Lipinski definition) is 1. The highest BCUT2D eigenvalue weighted by molar-refractivity contribution is 6.05. The van der Waals surface area contributed by atoms with Crippen LogP contribution >= 0.6 is 0 Å². The highest BCUT2D eigenvalue weighted by Gasteiger charge is 2.29. The summed E-state index contributed by atoms with van der Waals surface area (Å²) in [6.45, 7) is 10.5. The molecule has 0 saturated heterocycles. The van der Waals surface area contributed by atoms with Crippen LogP contribution in [0.5, 0.6) is 0 Å². The van der Waals surface area contributed by atoms with Crippen molar-refractivity contribution in [3.05, 3.63) is 76.9 Å². The Labute approximate surface area is 206 Å². The van der Waals surface area contributed by atoms with E-state index >= 15 is 0 Å². The molecule has 0 aliphatic heterocycles. The molecule has 1 amide bonds. The van der Waals surface area contributed by atoms with Gasteiger partial charge in [-0.1, -0.05) is 44.2 Å². The fraction of sp³-hybridized carbons (Fsp3) is 0.357. The van der Waals surface area contributed by atoms with Gasteiger partial charge < -0.3 is 9.88 Å². The number of aryl methyl sites for hydroxylation is 2. The molecule has 1 aliphatic rings. The second kappa shape index (κ2) is 8.48. The van der Waals surface area contributed by atoms with E-state index in [-0.39, 0.29) is 11.3 Å². The molecule has 0 bridgehead atoms. The largest absolute Gasteiger partial charge is 0.330 e. The summed E-state index contributed by atoms with van der Waals surface area (Å²) in [5.41, 5.74) is 7.14. The Morgan fingerprint density at radius 2 is 1.80 bits per heavy atom. The lowest BCUT2D eigenvalue weighted by Gasteiger charge is -2.21. The number of nitrogens with zero attached hydrogens (tertiary/aromatic N) is 5. The van der Waals surface area contributed by atoms with Crippen LogP contribution in [0.1, 0.15) is 72.4 Å². The smallest absolute Gasteiger partial charge is 0.255 e. The van der Waals surface area contributed by atoms with Crippen molar-refractivity contribution in [2.75, 3.05) is 5.32 Å². The Kier molecular flexibility index (Phi) is 5.58. The molecule has 2 aromatic heterocycles. The van der Waals surface area contributed by atoms with Crippen LogP contribution in [-0.2, 0) is 12.5 Å². The lowest BCUT2D eigenvalue weighted by molar-refractivity contribution is 0.102. The minimum atomic E-state index is -0.151. The van der Waals surface area contributed by atoms with Crippen molar-refractivity contribution < 1.29 is 4.79 Å². The molecule has 1 fully saturated rings. The van der Waals surface area contributed by atoms with Crippen molar-refractivity contribution >= 4 is 11.6 Å². The zero-order valence-electron chi connectivity index (χ0n) is 21.3. The second-order valence-corrected chi connectivity index (χ2v) is 10.6. The predicted octanol–water partition coefficient (Wildman–Crippen LogP) is 5.71. The minimum Gasteiger partial charge on any atom is -0.330 e. The van der Waals surface area contributed by atoms with Gasteiger partial charge in [-0.15, -0.1) is 5.10 Å². The maximum absolute atomic E-state index is 13.2. The van der Waals surface area contributed by atoms with E-state index in [9.17, 15) is 4.79 Å². The molecular formula is C28H32N6O. The van der Waals surface area contributed by atoms with Crippen LogP contribution in [0.2, 0.25) is 0 Å². The van der Waals surface area contributed by atoms with Gasteiger partial charge >= 0.3 is 0 Å². The first-order chi connectivity index (χ1) is 16.6. The number of nitrogens with one attached hydrogen (secondary N) is 1. The molecule has 7 nitrogen and oxygen atoms in total. The topological polar surface area (TPSA) is 77.6 Å². The van der Waals surface area contributed by atoms with E-state index in [1.54, 1.807) is 4.68 Å². The summed E-state index contributed by atoms with van der Waals surface area (Å²) >= 11 is 0. The number of anilines is 1.